The molecule has 0 bridgehead atoms. The molecule has 0 heterocycles. The summed E-state index contributed by atoms with van der Waals surface area (Å²) in [6.07, 6.45) is 0. The zero-order chi connectivity index (χ0) is 15.6. The summed E-state index contributed by atoms with van der Waals surface area (Å²) in [7, 11) is 0. The average molecular weight is 293 g/mol. The second kappa shape index (κ2) is 5.75. The Kier molecular flexibility index (Phi) is 4.03. The molecule has 2 rings (SSSR count). The molecular formula is C15H7F4NO. The summed E-state index contributed by atoms with van der Waals surface area (Å²) >= 11 is 0. The predicted molar refractivity (Wildman–Crippen MR) is 65.4 cm³/mol. The van der Waals surface area contributed by atoms with Crippen molar-refractivity contribution in [2.24, 2.45) is 0 Å². The molecule has 0 saturated heterocycles. The van der Waals surface area contributed by atoms with E-state index in [4.69, 9.17) is 5.26 Å². The van der Waals surface area contributed by atoms with Crippen LogP contribution >= 0.6 is 0 Å². The van der Waals surface area contributed by atoms with E-state index in [9.17, 15) is 22.4 Å². The lowest BCUT2D eigenvalue weighted by atomic mass is 9.91. The van der Waals surface area contributed by atoms with E-state index in [0.717, 1.165) is 6.07 Å². The molecule has 0 N–H and O–H groups in total. The zero-order valence-corrected chi connectivity index (χ0v) is 10.4. The van der Waals surface area contributed by atoms with Crippen LogP contribution in [0.25, 0.3) is 0 Å². The van der Waals surface area contributed by atoms with Gasteiger partial charge in [0.2, 0.25) is 0 Å². The van der Waals surface area contributed by atoms with Crippen molar-refractivity contribution in [2.45, 2.75) is 5.92 Å². The van der Waals surface area contributed by atoms with Gasteiger partial charge >= 0.3 is 0 Å². The Bertz CT molecular complexity index is 729. The maximum absolute atomic E-state index is 13.6. The normalized spacial score (nSPS) is 11.8. The first-order valence-electron chi connectivity index (χ1n) is 5.78. The van der Waals surface area contributed by atoms with E-state index in [1.807, 2.05) is 0 Å². The van der Waals surface area contributed by atoms with Crippen molar-refractivity contribution in [3.8, 4) is 6.07 Å². The molecule has 0 fully saturated rings. The number of hydrogen-bond acceptors (Lipinski definition) is 2. The van der Waals surface area contributed by atoms with Crippen LogP contribution in [0.5, 0.6) is 0 Å². The van der Waals surface area contributed by atoms with Crippen LogP contribution in [-0.4, -0.2) is 5.78 Å². The highest BCUT2D eigenvalue weighted by Gasteiger charge is 2.26. The molecule has 106 valence electrons. The molecule has 2 aromatic carbocycles. The maximum Gasteiger partial charge on any atom is 0.194 e. The Labute approximate surface area is 117 Å². The number of carbonyl (C=O) groups is 1. The number of ketones is 1. The molecule has 0 spiro atoms. The monoisotopic (exact) mass is 293 g/mol. The van der Waals surface area contributed by atoms with Crippen LogP contribution in [0.4, 0.5) is 17.6 Å². The quantitative estimate of drug-likeness (QED) is 0.491. The van der Waals surface area contributed by atoms with E-state index in [1.54, 1.807) is 6.07 Å². The fraction of sp³-hybridized carbons (Fsp3) is 0.0667. The molecule has 0 radical (unpaired) electrons. The number of Topliss-reactive ketones (excluding diaryl/α,β-unsaturated/α-hetero) is 1. The minimum Gasteiger partial charge on any atom is -0.292 e. The molecule has 0 aliphatic rings. The fourth-order valence-corrected chi connectivity index (χ4v) is 1.84. The Morgan fingerprint density at radius 2 is 1.57 bits per heavy atom. The molecule has 2 aromatic rings. The number of benzene rings is 2. The summed E-state index contributed by atoms with van der Waals surface area (Å²) < 4.78 is 52.7. The minimum absolute atomic E-state index is 0.213. The van der Waals surface area contributed by atoms with Gasteiger partial charge in [0, 0.05) is 11.1 Å². The van der Waals surface area contributed by atoms with Gasteiger partial charge in [-0.15, -0.1) is 0 Å². The first kappa shape index (κ1) is 14.7. The molecular weight excluding hydrogens is 286 g/mol. The van der Waals surface area contributed by atoms with Gasteiger partial charge in [-0.2, -0.15) is 5.26 Å². The fourth-order valence-electron chi connectivity index (χ4n) is 1.84. The summed E-state index contributed by atoms with van der Waals surface area (Å²) in [5.41, 5.74) is -0.753. The average Bonchev–Trinajstić information content (AvgIpc) is 2.46. The highest BCUT2D eigenvalue weighted by Crippen LogP contribution is 2.24. The Hall–Kier alpha value is -2.68. The summed E-state index contributed by atoms with van der Waals surface area (Å²) in [6.45, 7) is 0. The van der Waals surface area contributed by atoms with E-state index in [0.29, 0.717) is 12.1 Å². The molecule has 1 atom stereocenters. The lowest BCUT2D eigenvalue weighted by Crippen LogP contribution is -2.14. The van der Waals surface area contributed by atoms with Crippen molar-refractivity contribution in [3.05, 3.63) is 70.8 Å². The van der Waals surface area contributed by atoms with Crippen LogP contribution in [0.15, 0.2) is 36.4 Å². The number of rotatable bonds is 3. The summed E-state index contributed by atoms with van der Waals surface area (Å²) in [4.78, 5) is 12.1. The highest BCUT2D eigenvalue weighted by molar-refractivity contribution is 6.02. The second-order valence-electron chi connectivity index (χ2n) is 4.20. The van der Waals surface area contributed by atoms with Crippen LogP contribution < -0.4 is 0 Å². The van der Waals surface area contributed by atoms with Crippen molar-refractivity contribution >= 4 is 5.78 Å². The van der Waals surface area contributed by atoms with E-state index >= 15 is 0 Å². The Morgan fingerprint density at radius 3 is 2.10 bits per heavy atom. The summed E-state index contributed by atoms with van der Waals surface area (Å²) in [6, 6.07) is 7.60. The third-order valence-electron chi connectivity index (χ3n) is 2.88. The topological polar surface area (TPSA) is 40.9 Å². The van der Waals surface area contributed by atoms with Crippen molar-refractivity contribution in [2.75, 3.05) is 0 Å². The Morgan fingerprint density at radius 1 is 1.00 bits per heavy atom. The summed E-state index contributed by atoms with van der Waals surface area (Å²) in [5.74, 6) is -8.20. The minimum atomic E-state index is -1.72. The first-order valence-corrected chi connectivity index (χ1v) is 5.78. The number of nitrogens with zero attached hydrogens (tertiary/aromatic N) is 1. The largest absolute Gasteiger partial charge is 0.292 e. The van der Waals surface area contributed by atoms with Gasteiger partial charge in [-0.25, -0.2) is 17.6 Å². The molecule has 0 saturated carbocycles. The van der Waals surface area contributed by atoms with Crippen LogP contribution in [-0.2, 0) is 0 Å². The molecule has 2 nitrogen and oxygen atoms in total. The first-order chi connectivity index (χ1) is 9.95. The summed E-state index contributed by atoms with van der Waals surface area (Å²) in [5, 5.41) is 9.03. The number of carbonyl (C=O) groups excluding carboxylic acids is 1. The van der Waals surface area contributed by atoms with Gasteiger partial charge in [0.05, 0.1) is 6.07 Å². The van der Waals surface area contributed by atoms with Gasteiger partial charge < -0.3 is 0 Å². The number of halogens is 4. The third-order valence-corrected chi connectivity index (χ3v) is 2.88. The van der Waals surface area contributed by atoms with Crippen LogP contribution in [0.3, 0.4) is 0 Å². The molecule has 1 unspecified atom stereocenters. The van der Waals surface area contributed by atoms with Crippen molar-refractivity contribution in [3.63, 3.8) is 0 Å². The maximum atomic E-state index is 13.6. The van der Waals surface area contributed by atoms with Gasteiger partial charge in [-0.05, 0) is 18.2 Å². The lowest BCUT2D eigenvalue weighted by Gasteiger charge is -2.10. The highest BCUT2D eigenvalue weighted by atomic mass is 19.2. The number of hydrogen-bond donors (Lipinski definition) is 0. The van der Waals surface area contributed by atoms with Gasteiger partial charge in [0.15, 0.2) is 23.2 Å². The smallest absolute Gasteiger partial charge is 0.194 e. The Balaban J connectivity index is 2.48. The van der Waals surface area contributed by atoms with Gasteiger partial charge in [-0.3, -0.25) is 4.79 Å². The van der Waals surface area contributed by atoms with Crippen LogP contribution in [0, 0.1) is 34.6 Å². The van der Waals surface area contributed by atoms with Gasteiger partial charge in [0.1, 0.15) is 11.7 Å². The van der Waals surface area contributed by atoms with Crippen molar-refractivity contribution in [1.82, 2.24) is 0 Å². The third kappa shape index (κ3) is 2.77. The molecule has 6 heteroatoms. The van der Waals surface area contributed by atoms with Gasteiger partial charge in [-0.1, -0.05) is 18.2 Å². The molecule has 21 heavy (non-hydrogen) atoms. The molecule has 0 amide bonds. The van der Waals surface area contributed by atoms with E-state index in [1.165, 1.54) is 18.2 Å². The van der Waals surface area contributed by atoms with Crippen molar-refractivity contribution < 1.29 is 22.4 Å². The number of nitriles is 1. The van der Waals surface area contributed by atoms with Crippen LogP contribution in [0.2, 0.25) is 0 Å². The standard InChI is InChI=1S/C15H7F4NO/c16-11-4-2-1-3-9(11)10(7-20)15(21)8-5-12(17)14(19)13(18)6-8/h1-6,10H. The zero-order valence-electron chi connectivity index (χ0n) is 10.4. The molecule has 0 aromatic heterocycles. The predicted octanol–water partition coefficient (Wildman–Crippen LogP) is 3.73. The van der Waals surface area contributed by atoms with E-state index < -0.39 is 40.5 Å². The molecule has 0 aliphatic heterocycles. The van der Waals surface area contributed by atoms with E-state index in [2.05, 4.69) is 0 Å². The lowest BCUT2D eigenvalue weighted by molar-refractivity contribution is 0.0976. The van der Waals surface area contributed by atoms with Crippen LogP contribution in [0.1, 0.15) is 21.8 Å². The van der Waals surface area contributed by atoms with Gasteiger partial charge in [0.25, 0.3) is 0 Å². The van der Waals surface area contributed by atoms with E-state index in [-0.39, 0.29) is 5.56 Å². The second-order valence-corrected chi connectivity index (χ2v) is 4.20. The van der Waals surface area contributed by atoms with Crippen molar-refractivity contribution in [1.29, 1.82) is 5.26 Å². The molecule has 0 aliphatic carbocycles. The SMILES string of the molecule is N#CC(C(=O)c1cc(F)c(F)c(F)c1)c1ccccc1F.